The Bertz CT molecular complexity index is 635. The van der Waals surface area contributed by atoms with Gasteiger partial charge in [0, 0.05) is 13.5 Å². The Morgan fingerprint density at radius 3 is 3.05 bits per heavy atom. The van der Waals surface area contributed by atoms with Gasteiger partial charge < -0.3 is 0 Å². The molecular formula is C13H10ClIN2OS. The summed E-state index contributed by atoms with van der Waals surface area (Å²) in [7, 11) is 0. The van der Waals surface area contributed by atoms with Crippen LogP contribution in [-0.2, 0) is 12.8 Å². The average Bonchev–Trinajstić information content (AvgIpc) is 2.92. The molecule has 19 heavy (non-hydrogen) atoms. The second-order valence-electron chi connectivity index (χ2n) is 4.32. The lowest BCUT2D eigenvalue weighted by Gasteiger charge is -2.04. The van der Waals surface area contributed by atoms with Crippen LogP contribution in [0.25, 0.3) is 0 Å². The molecule has 1 aromatic carbocycles. The van der Waals surface area contributed by atoms with Crippen LogP contribution in [0.3, 0.4) is 0 Å². The molecule has 0 atom stereocenters. The molecule has 0 fully saturated rings. The molecule has 1 aliphatic carbocycles. The summed E-state index contributed by atoms with van der Waals surface area (Å²) in [4.78, 5) is 18.0. The van der Waals surface area contributed by atoms with Crippen molar-refractivity contribution < 1.29 is 4.79 Å². The lowest BCUT2D eigenvalue weighted by molar-refractivity contribution is 0.102. The topological polar surface area (TPSA) is 42.0 Å². The Balaban J connectivity index is 1.82. The molecule has 3 nitrogen and oxygen atoms in total. The van der Waals surface area contributed by atoms with Gasteiger partial charge >= 0.3 is 0 Å². The molecule has 3 rings (SSSR count). The summed E-state index contributed by atoms with van der Waals surface area (Å²) in [6.07, 6.45) is 3.28. The minimum Gasteiger partial charge on any atom is -0.298 e. The first-order chi connectivity index (χ1) is 9.13. The van der Waals surface area contributed by atoms with Gasteiger partial charge in [-0.25, -0.2) is 4.98 Å². The predicted molar refractivity (Wildman–Crippen MR) is 86.3 cm³/mol. The number of halogens is 2. The molecule has 0 radical (unpaired) electrons. The van der Waals surface area contributed by atoms with Crippen LogP contribution in [0.15, 0.2) is 18.2 Å². The highest BCUT2D eigenvalue weighted by molar-refractivity contribution is 14.1. The Kier molecular flexibility index (Phi) is 3.77. The Hall–Kier alpha value is -0.660. The fourth-order valence-electron chi connectivity index (χ4n) is 2.08. The maximum absolute atomic E-state index is 12.2. The number of hydrogen-bond donors (Lipinski definition) is 1. The number of thiazole rings is 1. The number of fused-ring (bicyclic) bond motifs is 1. The van der Waals surface area contributed by atoms with Crippen LogP contribution >= 0.6 is 45.5 Å². The third kappa shape index (κ3) is 2.78. The first-order valence-corrected chi connectivity index (χ1v) is 8.16. The molecule has 1 N–H and O–H groups in total. The Morgan fingerprint density at radius 2 is 2.26 bits per heavy atom. The molecule has 1 aliphatic rings. The summed E-state index contributed by atoms with van der Waals surface area (Å²) in [6, 6.07) is 5.29. The summed E-state index contributed by atoms with van der Waals surface area (Å²) < 4.78 is 0.878. The van der Waals surface area contributed by atoms with Crippen molar-refractivity contribution in [1.29, 1.82) is 0 Å². The van der Waals surface area contributed by atoms with Crippen LogP contribution in [-0.4, -0.2) is 10.9 Å². The summed E-state index contributed by atoms with van der Waals surface area (Å²) in [5.74, 6) is -0.153. The first-order valence-electron chi connectivity index (χ1n) is 5.88. The maximum Gasteiger partial charge on any atom is 0.258 e. The van der Waals surface area contributed by atoms with Crippen molar-refractivity contribution in [3.05, 3.63) is 42.9 Å². The van der Waals surface area contributed by atoms with Crippen molar-refractivity contribution in [2.75, 3.05) is 5.32 Å². The van der Waals surface area contributed by atoms with Gasteiger partial charge in [0.25, 0.3) is 5.91 Å². The van der Waals surface area contributed by atoms with Crippen LogP contribution in [0.5, 0.6) is 0 Å². The van der Waals surface area contributed by atoms with E-state index in [0.29, 0.717) is 15.7 Å². The number of anilines is 1. The quantitative estimate of drug-likeness (QED) is 0.764. The van der Waals surface area contributed by atoms with Crippen LogP contribution in [0, 0.1) is 3.57 Å². The summed E-state index contributed by atoms with van der Waals surface area (Å²) in [5.41, 5.74) is 1.73. The van der Waals surface area contributed by atoms with Gasteiger partial charge in [0.1, 0.15) is 0 Å². The number of amides is 1. The molecule has 0 spiro atoms. The molecule has 0 bridgehead atoms. The standard InChI is InChI=1S/C13H10ClIN2OS/c14-7-4-5-9(15)8(6-7)12(18)17-13-16-10-2-1-3-11(10)19-13/h4-6H,1-3H2,(H,16,17,18). The van der Waals surface area contributed by atoms with Gasteiger partial charge in [0.2, 0.25) is 0 Å². The minimum atomic E-state index is -0.153. The number of benzene rings is 1. The number of carbonyl (C=O) groups excluding carboxylic acids is 1. The van der Waals surface area contributed by atoms with Gasteiger partial charge in [-0.1, -0.05) is 11.6 Å². The molecular weight excluding hydrogens is 395 g/mol. The van der Waals surface area contributed by atoms with E-state index in [0.717, 1.165) is 22.1 Å². The van der Waals surface area contributed by atoms with Crippen molar-refractivity contribution in [3.63, 3.8) is 0 Å². The highest BCUT2D eigenvalue weighted by Gasteiger charge is 2.19. The molecule has 1 amide bonds. The molecule has 2 aromatic rings. The zero-order valence-electron chi connectivity index (χ0n) is 9.87. The van der Waals surface area contributed by atoms with Gasteiger partial charge in [-0.3, -0.25) is 10.1 Å². The van der Waals surface area contributed by atoms with E-state index in [1.807, 2.05) is 6.07 Å². The second kappa shape index (κ2) is 5.38. The van der Waals surface area contributed by atoms with Crippen LogP contribution in [0.2, 0.25) is 5.02 Å². The van der Waals surface area contributed by atoms with E-state index >= 15 is 0 Å². The highest BCUT2D eigenvalue weighted by atomic mass is 127. The van der Waals surface area contributed by atoms with E-state index in [1.54, 1.807) is 23.5 Å². The highest BCUT2D eigenvalue weighted by Crippen LogP contribution is 2.31. The lowest BCUT2D eigenvalue weighted by Crippen LogP contribution is -2.13. The number of nitrogens with one attached hydrogen (secondary N) is 1. The normalized spacial score (nSPS) is 13.4. The van der Waals surface area contributed by atoms with E-state index in [2.05, 4.69) is 32.9 Å². The smallest absolute Gasteiger partial charge is 0.258 e. The number of hydrogen-bond acceptors (Lipinski definition) is 3. The van der Waals surface area contributed by atoms with Crippen molar-refractivity contribution in [3.8, 4) is 0 Å². The van der Waals surface area contributed by atoms with Crippen molar-refractivity contribution in [2.45, 2.75) is 19.3 Å². The predicted octanol–water partition coefficient (Wildman–Crippen LogP) is 4.14. The third-order valence-corrected chi connectivity index (χ3v) is 5.24. The van der Waals surface area contributed by atoms with Crippen LogP contribution in [0.4, 0.5) is 5.13 Å². The molecule has 1 aromatic heterocycles. The van der Waals surface area contributed by atoms with E-state index in [4.69, 9.17) is 11.6 Å². The minimum absolute atomic E-state index is 0.153. The van der Waals surface area contributed by atoms with E-state index in [1.165, 1.54) is 11.3 Å². The van der Waals surface area contributed by atoms with Gasteiger partial charge in [-0.05, 0) is 60.1 Å². The van der Waals surface area contributed by atoms with Gasteiger partial charge in [0.05, 0.1) is 11.3 Å². The third-order valence-electron chi connectivity index (χ3n) is 2.99. The number of aryl methyl sites for hydroxylation is 2. The van der Waals surface area contributed by atoms with Gasteiger partial charge in [-0.2, -0.15) is 0 Å². The van der Waals surface area contributed by atoms with Gasteiger partial charge in [-0.15, -0.1) is 11.3 Å². The number of rotatable bonds is 2. The fraction of sp³-hybridized carbons (Fsp3) is 0.231. The van der Waals surface area contributed by atoms with Crippen LogP contribution < -0.4 is 5.32 Å². The Labute approximate surface area is 133 Å². The fourth-order valence-corrected chi connectivity index (χ4v) is 3.88. The maximum atomic E-state index is 12.2. The van der Waals surface area contributed by atoms with Crippen molar-refractivity contribution in [2.24, 2.45) is 0 Å². The Morgan fingerprint density at radius 1 is 1.42 bits per heavy atom. The van der Waals surface area contributed by atoms with Gasteiger partial charge in [0.15, 0.2) is 5.13 Å². The van der Waals surface area contributed by atoms with E-state index in [9.17, 15) is 4.79 Å². The number of nitrogens with zero attached hydrogens (tertiary/aromatic N) is 1. The molecule has 1 heterocycles. The van der Waals surface area contributed by atoms with E-state index < -0.39 is 0 Å². The zero-order chi connectivity index (χ0) is 13.4. The number of carbonyl (C=O) groups is 1. The molecule has 6 heteroatoms. The molecule has 98 valence electrons. The zero-order valence-corrected chi connectivity index (χ0v) is 13.6. The van der Waals surface area contributed by atoms with Crippen LogP contribution in [0.1, 0.15) is 27.3 Å². The molecule has 0 unspecified atom stereocenters. The molecule has 0 saturated heterocycles. The second-order valence-corrected chi connectivity index (χ2v) is 7.00. The van der Waals surface area contributed by atoms with E-state index in [-0.39, 0.29) is 5.91 Å². The summed E-state index contributed by atoms with van der Waals surface area (Å²) >= 11 is 9.63. The van der Waals surface area contributed by atoms with Crippen molar-refractivity contribution >= 4 is 56.6 Å². The first kappa shape index (κ1) is 13.3. The SMILES string of the molecule is O=C(Nc1nc2c(s1)CCC2)c1cc(Cl)ccc1I. The van der Waals surface area contributed by atoms with Crippen molar-refractivity contribution in [1.82, 2.24) is 4.98 Å². The largest absolute Gasteiger partial charge is 0.298 e. The summed E-state index contributed by atoms with van der Waals surface area (Å²) in [6.45, 7) is 0. The molecule has 0 aliphatic heterocycles. The molecule has 0 saturated carbocycles. The lowest BCUT2D eigenvalue weighted by atomic mass is 10.2. The summed E-state index contributed by atoms with van der Waals surface area (Å²) in [5, 5.41) is 4.11. The average molecular weight is 405 g/mol. The monoisotopic (exact) mass is 404 g/mol. The number of aromatic nitrogens is 1.